The van der Waals surface area contributed by atoms with Crippen molar-refractivity contribution < 1.29 is 38.2 Å². The number of halogens is 5. The van der Waals surface area contributed by atoms with Crippen LogP contribution < -0.4 is 30.7 Å². The monoisotopic (exact) mass is 1050 g/mol. The van der Waals surface area contributed by atoms with Gasteiger partial charge in [0.15, 0.2) is 11.6 Å². The Hall–Kier alpha value is -6.43. The predicted molar refractivity (Wildman–Crippen MR) is 274 cm³/mol. The molecule has 366 valence electrons. The number of aryl methyl sites for hydroxylation is 2. The third kappa shape index (κ3) is 15.5. The number of hydrogen-bond donors (Lipinski definition) is 4. The number of hydrogen-bond acceptors (Lipinski definition) is 12. The lowest BCUT2D eigenvalue weighted by atomic mass is 10.1. The van der Waals surface area contributed by atoms with E-state index in [1.165, 1.54) is 54.6 Å². The van der Waals surface area contributed by atoms with Crippen LogP contribution in [0.1, 0.15) is 65.1 Å². The minimum atomic E-state index is -1.63. The van der Waals surface area contributed by atoms with Crippen molar-refractivity contribution >= 4 is 127 Å². The highest BCUT2D eigenvalue weighted by Crippen LogP contribution is 2.30. The van der Waals surface area contributed by atoms with Crippen molar-refractivity contribution in [1.29, 1.82) is 0 Å². The first-order chi connectivity index (χ1) is 33.5. The molecule has 0 heterocycles. The van der Waals surface area contributed by atoms with Crippen molar-refractivity contribution in [2.75, 3.05) is 46.2 Å². The topological polar surface area (TPSA) is 218 Å². The van der Waals surface area contributed by atoms with Crippen molar-refractivity contribution in [1.82, 2.24) is 0 Å². The lowest BCUT2D eigenvalue weighted by Crippen LogP contribution is -2.32. The number of azo groups is 2. The zero-order valence-electron chi connectivity index (χ0n) is 38.2. The van der Waals surface area contributed by atoms with E-state index in [-0.39, 0.29) is 49.8 Å². The van der Waals surface area contributed by atoms with Gasteiger partial charge in [-0.25, -0.2) is 0 Å². The smallest absolute Gasteiger partial charge is 0.258 e. The Bertz CT molecular complexity index is 2830. The number of ketones is 2. The molecule has 5 aromatic carbocycles. The molecule has 2 atom stereocenters. The molecule has 70 heavy (non-hydrogen) atoms. The average molecular weight is 1050 g/mol. The summed E-state index contributed by atoms with van der Waals surface area (Å²) >= 11 is 31.0. The van der Waals surface area contributed by atoms with Gasteiger partial charge in [0.05, 0.1) is 24.6 Å². The van der Waals surface area contributed by atoms with Crippen LogP contribution in [0.15, 0.2) is 111 Å². The predicted octanol–water partition coefficient (Wildman–Crippen LogP) is 12.0. The lowest BCUT2D eigenvalue weighted by Gasteiger charge is -2.15. The molecule has 0 saturated carbocycles. The first-order valence-electron chi connectivity index (χ1n) is 21.6. The molecule has 0 aliphatic carbocycles. The number of rotatable bonds is 23. The van der Waals surface area contributed by atoms with E-state index < -0.39 is 47.3 Å². The van der Waals surface area contributed by atoms with Gasteiger partial charge in [-0.15, -0.1) is 34.8 Å². The van der Waals surface area contributed by atoms with E-state index in [1.807, 2.05) is 13.8 Å². The second-order valence-electron chi connectivity index (χ2n) is 15.1. The van der Waals surface area contributed by atoms with Crippen molar-refractivity contribution in [3.8, 4) is 11.5 Å². The summed E-state index contributed by atoms with van der Waals surface area (Å²) < 4.78 is 11.1. The van der Waals surface area contributed by atoms with Gasteiger partial charge in [-0.1, -0.05) is 23.2 Å². The second kappa shape index (κ2) is 26.5. The van der Waals surface area contributed by atoms with E-state index >= 15 is 0 Å². The fourth-order valence-electron chi connectivity index (χ4n) is 6.63. The fourth-order valence-corrected chi connectivity index (χ4v) is 7.72. The molecule has 5 aromatic rings. The third-order valence-electron chi connectivity index (χ3n) is 9.91. The Balaban J connectivity index is 1.26. The fraction of sp³-hybridized carbons (Fsp3) is 0.265. The van der Waals surface area contributed by atoms with E-state index in [1.54, 1.807) is 36.4 Å². The maximum atomic E-state index is 13.5. The molecule has 0 aliphatic heterocycles. The average Bonchev–Trinajstić information content (AvgIpc) is 3.31. The van der Waals surface area contributed by atoms with Gasteiger partial charge in [-0.05, 0) is 148 Å². The van der Waals surface area contributed by atoms with E-state index in [4.69, 9.17) is 67.5 Å². The number of Topliss-reactive ketones (excluding diaryl/α,β-unsaturated/α-hetero) is 2. The van der Waals surface area contributed by atoms with Crippen molar-refractivity contribution in [2.24, 2.45) is 20.5 Å². The number of nitrogens with zero attached hydrogens (tertiary/aromatic N) is 4. The number of amides is 4. The van der Waals surface area contributed by atoms with Gasteiger partial charge in [0.25, 0.3) is 23.6 Å². The van der Waals surface area contributed by atoms with E-state index in [0.717, 1.165) is 25.0 Å². The van der Waals surface area contributed by atoms with Crippen LogP contribution in [-0.2, 0) is 37.9 Å². The van der Waals surface area contributed by atoms with Crippen molar-refractivity contribution in [3.63, 3.8) is 0 Å². The first-order valence-corrected chi connectivity index (χ1v) is 23.9. The first kappa shape index (κ1) is 54.5. The van der Waals surface area contributed by atoms with Crippen LogP contribution in [0.5, 0.6) is 11.5 Å². The summed E-state index contributed by atoms with van der Waals surface area (Å²) in [5.41, 5.74) is 3.70. The van der Waals surface area contributed by atoms with Crippen LogP contribution in [0.3, 0.4) is 0 Å². The summed E-state index contributed by atoms with van der Waals surface area (Å²) in [7, 11) is 0. The number of carbonyl (C=O) groups is 6. The standard InChI is InChI=1S/C49H47Cl5N8O8/c1-5-69-39-8-11-41(29(22-39)13-15-50)56-46(65)31-17-34(53)24-37(19-31)59-61-44(27(3)63)48(67)55-36-7-10-43(33(21-36)26-52)58-49(68)45(28(4)64)62-60-38-20-32(18-35(54)25-38)47(66)57-42-12-9-40(70-6-2)23-30(42)14-16-51/h7-12,17-25,44-45H,5-6,13-16,26H2,1-4H3,(H,55,67)(H,56,65)(H,57,66)(H,58,68). The molecule has 16 nitrogen and oxygen atoms in total. The van der Waals surface area contributed by atoms with Crippen LogP contribution in [0.2, 0.25) is 10.0 Å². The Morgan fingerprint density at radius 2 is 0.957 bits per heavy atom. The molecular formula is C49H47Cl5N8O8. The summed E-state index contributed by atoms with van der Waals surface area (Å²) in [5.74, 6) is -2.29. The second-order valence-corrected chi connectivity index (χ2v) is 17.0. The molecule has 5 rings (SSSR count). The molecule has 21 heteroatoms. The van der Waals surface area contributed by atoms with Crippen molar-refractivity contribution in [3.05, 3.63) is 129 Å². The molecule has 0 fully saturated rings. The van der Waals surface area contributed by atoms with Gasteiger partial charge >= 0.3 is 0 Å². The summed E-state index contributed by atoms with van der Waals surface area (Å²) in [6, 6.07) is 20.0. The Kier molecular flexibility index (Phi) is 20.7. The highest BCUT2D eigenvalue weighted by Gasteiger charge is 2.26. The maximum absolute atomic E-state index is 13.5. The third-order valence-corrected chi connectivity index (χ3v) is 11.0. The van der Waals surface area contributed by atoms with Gasteiger partial charge < -0.3 is 30.7 Å². The highest BCUT2D eigenvalue weighted by atomic mass is 35.5. The molecule has 0 saturated heterocycles. The molecule has 0 radical (unpaired) electrons. The number of ether oxygens (including phenoxy) is 2. The zero-order chi connectivity index (χ0) is 50.9. The molecular weight excluding hydrogens is 1010 g/mol. The van der Waals surface area contributed by atoms with E-state index in [2.05, 4.69) is 41.7 Å². The number of alkyl halides is 3. The van der Waals surface area contributed by atoms with E-state index in [9.17, 15) is 28.8 Å². The van der Waals surface area contributed by atoms with Crippen LogP contribution in [0.4, 0.5) is 34.1 Å². The van der Waals surface area contributed by atoms with Crippen LogP contribution in [0, 0.1) is 0 Å². The van der Waals surface area contributed by atoms with Crippen LogP contribution >= 0.6 is 58.0 Å². The molecule has 0 bridgehead atoms. The van der Waals surface area contributed by atoms with Gasteiger partial charge in [0.1, 0.15) is 11.5 Å². The largest absolute Gasteiger partial charge is 0.494 e. The maximum Gasteiger partial charge on any atom is 0.258 e. The normalized spacial score (nSPS) is 12.0. The van der Waals surface area contributed by atoms with Gasteiger partial charge in [0.2, 0.25) is 12.1 Å². The summed E-state index contributed by atoms with van der Waals surface area (Å²) in [5, 5.41) is 27.3. The zero-order valence-corrected chi connectivity index (χ0v) is 42.0. The lowest BCUT2D eigenvalue weighted by molar-refractivity contribution is -0.127. The Labute approximate surface area is 428 Å². The number of nitrogens with one attached hydrogen (secondary N) is 4. The van der Waals surface area contributed by atoms with Gasteiger partial charge in [-0.2, -0.15) is 20.5 Å². The van der Waals surface area contributed by atoms with Gasteiger partial charge in [-0.3, -0.25) is 28.8 Å². The Morgan fingerprint density at radius 3 is 1.37 bits per heavy atom. The minimum Gasteiger partial charge on any atom is -0.494 e. The number of carbonyl (C=O) groups excluding carboxylic acids is 6. The molecule has 0 spiro atoms. The molecule has 2 unspecified atom stereocenters. The molecule has 0 aliphatic rings. The quantitative estimate of drug-likeness (QED) is 0.0279. The molecule has 4 N–H and O–H groups in total. The molecule has 0 aromatic heterocycles. The highest BCUT2D eigenvalue weighted by molar-refractivity contribution is 6.32. The minimum absolute atomic E-state index is 0.0901. The molecule has 4 amide bonds. The van der Waals surface area contributed by atoms with Crippen LogP contribution in [0.25, 0.3) is 0 Å². The van der Waals surface area contributed by atoms with Crippen LogP contribution in [-0.4, -0.2) is 72.3 Å². The number of benzene rings is 5. The number of anilines is 4. The van der Waals surface area contributed by atoms with Gasteiger partial charge in [0, 0.05) is 61.6 Å². The Morgan fingerprint density at radius 1 is 0.529 bits per heavy atom. The summed E-state index contributed by atoms with van der Waals surface area (Å²) in [6.07, 6.45) is 0.933. The van der Waals surface area contributed by atoms with E-state index in [0.29, 0.717) is 66.3 Å². The summed E-state index contributed by atoms with van der Waals surface area (Å²) in [4.78, 5) is 79.0. The summed E-state index contributed by atoms with van der Waals surface area (Å²) in [6.45, 7) is 6.97. The van der Waals surface area contributed by atoms with Crippen molar-refractivity contribution in [2.45, 2.75) is 58.5 Å². The SMILES string of the molecule is CCOc1ccc(NC(=O)c2cc(Cl)cc(N=NC(C(C)=O)C(=O)Nc3ccc(NC(=O)C(N=Nc4cc(Cl)cc(C(=O)Nc5ccc(OCC)cc5CCCl)c4)C(C)=O)c(CCl)c3)c2)c(CCCl)c1.